The molecule has 4 rings (SSSR count). The van der Waals surface area contributed by atoms with Gasteiger partial charge in [-0.15, -0.1) is 21.5 Å². The van der Waals surface area contributed by atoms with Gasteiger partial charge in [0.15, 0.2) is 0 Å². The van der Waals surface area contributed by atoms with Gasteiger partial charge in [-0.1, -0.05) is 48.0 Å². The van der Waals surface area contributed by atoms with Crippen molar-refractivity contribution in [3.63, 3.8) is 0 Å². The molecule has 0 saturated carbocycles. The first kappa shape index (κ1) is 23.5. The van der Waals surface area contributed by atoms with Crippen molar-refractivity contribution >= 4 is 34.8 Å². The molecule has 0 aliphatic heterocycles. The van der Waals surface area contributed by atoms with E-state index in [-0.39, 0.29) is 43.8 Å². The molecule has 2 amide bonds. The van der Waals surface area contributed by atoms with Gasteiger partial charge in [0.2, 0.25) is 17.6 Å². The van der Waals surface area contributed by atoms with E-state index >= 15 is 0 Å². The van der Waals surface area contributed by atoms with Crippen LogP contribution in [-0.2, 0) is 29.2 Å². The summed E-state index contributed by atoms with van der Waals surface area (Å²) >= 11 is 7.74. The lowest BCUT2D eigenvalue weighted by Gasteiger charge is -2.22. The molecule has 2 aromatic carbocycles. The topological polar surface area (TPSA) is 93.0 Å². The highest BCUT2D eigenvalue weighted by Crippen LogP contribution is 2.20. The number of nitrogens with zero attached hydrogens (tertiary/aromatic N) is 5. The predicted molar refractivity (Wildman–Crippen MR) is 126 cm³/mol. The molecule has 0 aliphatic carbocycles. The summed E-state index contributed by atoms with van der Waals surface area (Å²) in [7, 11) is 0. The van der Waals surface area contributed by atoms with Gasteiger partial charge in [0.05, 0.1) is 11.4 Å². The number of nitrogens with one attached hydrogen (secondary N) is 1. The van der Waals surface area contributed by atoms with Crippen molar-refractivity contribution in [2.24, 2.45) is 0 Å². The Morgan fingerprint density at radius 2 is 1.88 bits per heavy atom. The molecule has 1 N–H and O–H groups in total. The van der Waals surface area contributed by atoms with Gasteiger partial charge in [-0.05, 0) is 46.0 Å². The van der Waals surface area contributed by atoms with E-state index in [0.29, 0.717) is 16.4 Å². The number of aromatic nitrogens is 4. The summed E-state index contributed by atoms with van der Waals surface area (Å²) in [5, 5.41) is 17.4. The number of rotatable bonds is 9. The number of benzene rings is 2. The van der Waals surface area contributed by atoms with E-state index in [1.807, 2.05) is 23.6 Å². The van der Waals surface area contributed by atoms with Gasteiger partial charge in [-0.25, -0.2) is 4.39 Å². The first-order valence-electron chi connectivity index (χ1n) is 10.3. The van der Waals surface area contributed by atoms with Crippen molar-refractivity contribution in [3.8, 4) is 10.7 Å². The molecule has 0 atom stereocenters. The number of carbonyl (C=O) groups is 2. The molecule has 0 unspecified atom stereocenters. The second kappa shape index (κ2) is 11.0. The Bertz CT molecular complexity index is 1260. The molecule has 174 valence electrons. The molecule has 0 bridgehead atoms. The molecular formula is C23H20ClFN6O2S. The van der Waals surface area contributed by atoms with Crippen LogP contribution in [0, 0.1) is 5.82 Å². The van der Waals surface area contributed by atoms with Crippen molar-refractivity contribution in [2.45, 2.75) is 19.6 Å². The first-order valence-corrected chi connectivity index (χ1v) is 11.6. The summed E-state index contributed by atoms with van der Waals surface area (Å²) in [5.41, 5.74) is 1.45. The Kier molecular flexibility index (Phi) is 7.61. The fraction of sp³-hybridized carbons (Fsp3) is 0.174. The summed E-state index contributed by atoms with van der Waals surface area (Å²) in [6.07, 6.45) is 0. The maximum atomic E-state index is 13.1. The minimum atomic E-state index is -0.369. The van der Waals surface area contributed by atoms with E-state index in [9.17, 15) is 14.0 Å². The second-order valence-corrected chi connectivity index (χ2v) is 8.72. The Labute approximate surface area is 204 Å². The lowest BCUT2D eigenvalue weighted by Crippen LogP contribution is -2.41. The van der Waals surface area contributed by atoms with Crippen molar-refractivity contribution < 1.29 is 14.0 Å². The zero-order valence-electron chi connectivity index (χ0n) is 17.9. The Hall–Kier alpha value is -3.63. The number of carbonyl (C=O) groups excluding carboxylic acids is 2. The third kappa shape index (κ3) is 6.24. The van der Waals surface area contributed by atoms with E-state index in [4.69, 9.17) is 11.6 Å². The first-order chi connectivity index (χ1) is 16.5. The second-order valence-electron chi connectivity index (χ2n) is 7.37. The quantitative estimate of drug-likeness (QED) is 0.381. The summed E-state index contributed by atoms with van der Waals surface area (Å²) in [6.45, 7) is -0.0389. The smallest absolute Gasteiger partial charge is 0.247 e. The van der Waals surface area contributed by atoms with Gasteiger partial charge >= 0.3 is 0 Å². The Morgan fingerprint density at radius 3 is 2.62 bits per heavy atom. The highest BCUT2D eigenvalue weighted by molar-refractivity contribution is 7.13. The van der Waals surface area contributed by atoms with Crippen LogP contribution in [0.4, 0.5) is 4.39 Å². The molecule has 8 nitrogen and oxygen atoms in total. The van der Waals surface area contributed by atoms with E-state index in [0.717, 1.165) is 10.4 Å². The monoisotopic (exact) mass is 498 g/mol. The molecule has 0 saturated heterocycles. The van der Waals surface area contributed by atoms with Gasteiger partial charge in [-0.2, -0.15) is 4.80 Å². The third-order valence-electron chi connectivity index (χ3n) is 4.88. The highest BCUT2D eigenvalue weighted by atomic mass is 35.5. The maximum absolute atomic E-state index is 13.1. The third-order valence-corrected chi connectivity index (χ3v) is 6.11. The number of amides is 2. The minimum absolute atomic E-state index is 0.134. The average molecular weight is 499 g/mol. The van der Waals surface area contributed by atoms with Gasteiger partial charge in [-0.3, -0.25) is 9.59 Å². The van der Waals surface area contributed by atoms with Crippen LogP contribution < -0.4 is 5.32 Å². The van der Waals surface area contributed by atoms with Crippen molar-refractivity contribution in [3.05, 3.63) is 88.0 Å². The van der Waals surface area contributed by atoms with Crippen molar-refractivity contribution in [1.29, 1.82) is 0 Å². The lowest BCUT2D eigenvalue weighted by atomic mass is 10.2. The zero-order valence-corrected chi connectivity index (χ0v) is 19.5. The number of halogens is 2. The molecule has 0 radical (unpaired) electrons. The molecule has 0 aliphatic rings. The molecule has 0 fully saturated rings. The number of hydrogen-bond donors (Lipinski definition) is 1. The van der Waals surface area contributed by atoms with E-state index < -0.39 is 0 Å². The normalized spacial score (nSPS) is 10.8. The van der Waals surface area contributed by atoms with Crippen LogP contribution in [0.1, 0.15) is 11.1 Å². The summed E-state index contributed by atoms with van der Waals surface area (Å²) in [4.78, 5) is 29.2. The van der Waals surface area contributed by atoms with E-state index in [2.05, 4.69) is 20.7 Å². The number of thiophene rings is 1. The number of hydrogen-bond acceptors (Lipinski definition) is 6. The summed E-state index contributed by atoms with van der Waals surface area (Å²) in [5.74, 6) is -0.657. The van der Waals surface area contributed by atoms with E-state index in [1.54, 1.807) is 30.3 Å². The van der Waals surface area contributed by atoms with Crippen LogP contribution in [0.2, 0.25) is 5.02 Å². The van der Waals surface area contributed by atoms with Crippen molar-refractivity contribution in [1.82, 2.24) is 30.4 Å². The van der Waals surface area contributed by atoms with Gasteiger partial charge < -0.3 is 10.2 Å². The minimum Gasteiger partial charge on any atom is -0.350 e. The molecule has 34 heavy (non-hydrogen) atoms. The van der Waals surface area contributed by atoms with Crippen LogP contribution in [-0.4, -0.2) is 43.5 Å². The van der Waals surface area contributed by atoms with Gasteiger partial charge in [0, 0.05) is 18.1 Å². The predicted octanol–water partition coefficient (Wildman–Crippen LogP) is 3.54. The Morgan fingerprint density at radius 1 is 1.09 bits per heavy atom. The summed E-state index contributed by atoms with van der Waals surface area (Å²) < 4.78 is 13.1. The van der Waals surface area contributed by atoms with Crippen LogP contribution in [0.15, 0.2) is 66.0 Å². The van der Waals surface area contributed by atoms with Crippen LogP contribution >= 0.6 is 22.9 Å². The average Bonchev–Trinajstić information content (AvgIpc) is 3.52. The standard InChI is InChI=1S/C23H20ClFN6O2S/c24-19-5-2-1-4-17(19)13-30(14-21(32)26-12-16-7-9-18(25)10-8-16)22(33)15-31-28-23(27-29-31)20-6-3-11-34-20/h1-11H,12-15H2,(H,26,32). The summed E-state index contributed by atoms with van der Waals surface area (Å²) in [6, 6.07) is 16.7. The maximum Gasteiger partial charge on any atom is 0.247 e. The fourth-order valence-electron chi connectivity index (χ4n) is 3.13. The zero-order chi connectivity index (χ0) is 23.9. The molecule has 11 heteroatoms. The lowest BCUT2D eigenvalue weighted by molar-refractivity contribution is -0.137. The molecule has 0 spiro atoms. The molecule has 2 aromatic heterocycles. The molecular weight excluding hydrogens is 479 g/mol. The van der Waals surface area contributed by atoms with E-state index in [1.165, 1.54) is 33.2 Å². The fourth-order valence-corrected chi connectivity index (χ4v) is 3.98. The SMILES string of the molecule is O=C(CN(Cc1ccccc1Cl)C(=O)Cn1nnc(-c2cccs2)n1)NCc1ccc(F)cc1. The van der Waals surface area contributed by atoms with Crippen LogP contribution in [0.3, 0.4) is 0 Å². The van der Waals surface area contributed by atoms with Crippen LogP contribution in [0.25, 0.3) is 10.7 Å². The molecule has 4 aromatic rings. The number of tetrazole rings is 1. The largest absolute Gasteiger partial charge is 0.350 e. The van der Waals surface area contributed by atoms with Crippen LogP contribution in [0.5, 0.6) is 0 Å². The highest BCUT2D eigenvalue weighted by Gasteiger charge is 2.20. The molecule has 2 heterocycles. The van der Waals surface area contributed by atoms with Crippen molar-refractivity contribution in [2.75, 3.05) is 6.54 Å². The van der Waals surface area contributed by atoms with Gasteiger partial charge in [0.25, 0.3) is 0 Å². The van der Waals surface area contributed by atoms with Gasteiger partial charge in [0.1, 0.15) is 12.4 Å². The Balaban J connectivity index is 1.44.